The molecule has 5 nitrogen and oxygen atoms in total. The van der Waals surface area contributed by atoms with Crippen molar-refractivity contribution in [3.8, 4) is 11.5 Å². The molecule has 1 aliphatic heterocycles. The molecular formula is C17H10Cl2N2O3. The SMILES string of the molecule is O=c1[nH]c(/C(Cl)=C/c2ccc3c(c2)OCO3)nc2cc(Cl)ccc12. The summed E-state index contributed by atoms with van der Waals surface area (Å²) in [6.45, 7) is 0.205. The van der Waals surface area contributed by atoms with Crippen LogP contribution in [0, 0.1) is 0 Å². The van der Waals surface area contributed by atoms with Crippen molar-refractivity contribution in [2.24, 2.45) is 0 Å². The fourth-order valence-corrected chi connectivity index (χ4v) is 2.83. The molecule has 0 unspecified atom stereocenters. The smallest absolute Gasteiger partial charge is 0.259 e. The fourth-order valence-electron chi connectivity index (χ4n) is 2.44. The van der Waals surface area contributed by atoms with E-state index >= 15 is 0 Å². The molecule has 0 fully saturated rings. The second-order valence-corrected chi connectivity index (χ2v) is 6.02. The van der Waals surface area contributed by atoms with Crippen LogP contribution in [0.1, 0.15) is 11.4 Å². The quantitative estimate of drug-likeness (QED) is 0.748. The lowest BCUT2D eigenvalue weighted by Crippen LogP contribution is -2.10. The van der Waals surface area contributed by atoms with Crippen LogP contribution < -0.4 is 15.0 Å². The minimum Gasteiger partial charge on any atom is -0.454 e. The zero-order chi connectivity index (χ0) is 16.7. The Morgan fingerprint density at radius 1 is 1.17 bits per heavy atom. The van der Waals surface area contributed by atoms with Gasteiger partial charge in [0, 0.05) is 5.02 Å². The topological polar surface area (TPSA) is 64.2 Å². The van der Waals surface area contributed by atoms with Crippen LogP contribution in [-0.4, -0.2) is 16.8 Å². The van der Waals surface area contributed by atoms with E-state index in [-0.39, 0.29) is 18.2 Å². The van der Waals surface area contributed by atoms with Gasteiger partial charge in [0.05, 0.1) is 15.9 Å². The van der Waals surface area contributed by atoms with Crippen molar-refractivity contribution in [3.63, 3.8) is 0 Å². The van der Waals surface area contributed by atoms with Crippen LogP contribution in [0.5, 0.6) is 11.5 Å². The number of halogens is 2. The minimum atomic E-state index is -0.274. The molecule has 1 N–H and O–H groups in total. The average molecular weight is 361 g/mol. The second kappa shape index (κ2) is 5.85. The molecule has 0 radical (unpaired) electrons. The lowest BCUT2D eigenvalue weighted by Gasteiger charge is -2.03. The molecule has 0 atom stereocenters. The lowest BCUT2D eigenvalue weighted by atomic mass is 10.2. The third-order valence-electron chi connectivity index (χ3n) is 3.58. The summed E-state index contributed by atoms with van der Waals surface area (Å²) in [5.41, 5.74) is 1.01. The number of aromatic nitrogens is 2. The molecule has 3 aromatic rings. The van der Waals surface area contributed by atoms with Crippen LogP contribution in [0.15, 0.2) is 41.2 Å². The van der Waals surface area contributed by atoms with Crippen molar-refractivity contribution in [1.29, 1.82) is 0 Å². The number of fused-ring (bicyclic) bond motifs is 2. The van der Waals surface area contributed by atoms with Gasteiger partial charge in [-0.1, -0.05) is 29.3 Å². The molecule has 0 saturated heterocycles. The third-order valence-corrected chi connectivity index (χ3v) is 4.11. The summed E-state index contributed by atoms with van der Waals surface area (Å²) in [6.07, 6.45) is 1.69. The van der Waals surface area contributed by atoms with Gasteiger partial charge in [-0.15, -0.1) is 0 Å². The number of aromatic amines is 1. The molecular weight excluding hydrogens is 351 g/mol. The Morgan fingerprint density at radius 3 is 2.88 bits per heavy atom. The molecule has 1 aromatic heterocycles. The van der Waals surface area contributed by atoms with Crippen molar-refractivity contribution < 1.29 is 9.47 Å². The first-order chi connectivity index (χ1) is 11.6. The maximum atomic E-state index is 12.2. The van der Waals surface area contributed by atoms with Crippen LogP contribution in [0.2, 0.25) is 5.02 Å². The number of rotatable bonds is 2. The Bertz CT molecular complexity index is 1040. The highest BCUT2D eigenvalue weighted by molar-refractivity contribution is 6.50. The van der Waals surface area contributed by atoms with E-state index in [4.69, 9.17) is 32.7 Å². The molecule has 7 heteroatoms. The van der Waals surface area contributed by atoms with Crippen LogP contribution in [0.4, 0.5) is 0 Å². The summed E-state index contributed by atoms with van der Waals surface area (Å²) >= 11 is 12.3. The predicted octanol–water partition coefficient (Wildman–Crippen LogP) is 4.04. The zero-order valence-corrected chi connectivity index (χ0v) is 13.7. The molecule has 2 heterocycles. The van der Waals surface area contributed by atoms with E-state index < -0.39 is 0 Å². The second-order valence-electron chi connectivity index (χ2n) is 5.18. The highest BCUT2D eigenvalue weighted by Gasteiger charge is 2.13. The van der Waals surface area contributed by atoms with Crippen molar-refractivity contribution in [2.75, 3.05) is 6.79 Å². The molecule has 0 spiro atoms. The maximum absolute atomic E-state index is 12.2. The number of benzene rings is 2. The molecule has 1 aliphatic rings. The molecule has 0 bridgehead atoms. The molecule has 0 aliphatic carbocycles. The van der Waals surface area contributed by atoms with Gasteiger partial charge in [0.2, 0.25) is 6.79 Å². The van der Waals surface area contributed by atoms with Gasteiger partial charge >= 0.3 is 0 Å². The van der Waals surface area contributed by atoms with Gasteiger partial charge in [0.1, 0.15) is 0 Å². The summed E-state index contributed by atoms with van der Waals surface area (Å²) in [6, 6.07) is 10.3. The fraction of sp³-hybridized carbons (Fsp3) is 0.0588. The van der Waals surface area contributed by atoms with Crippen molar-refractivity contribution in [1.82, 2.24) is 9.97 Å². The van der Waals surface area contributed by atoms with Gasteiger partial charge in [-0.05, 0) is 42.0 Å². The van der Waals surface area contributed by atoms with Gasteiger partial charge in [-0.2, -0.15) is 0 Å². The Kier molecular flexibility index (Phi) is 3.67. The van der Waals surface area contributed by atoms with E-state index in [1.807, 2.05) is 6.07 Å². The van der Waals surface area contributed by atoms with Gasteiger partial charge in [0.15, 0.2) is 17.3 Å². The molecule has 0 amide bonds. The van der Waals surface area contributed by atoms with Crippen LogP contribution in [-0.2, 0) is 0 Å². The molecule has 4 rings (SSSR count). The Hall–Kier alpha value is -2.50. The zero-order valence-electron chi connectivity index (χ0n) is 12.2. The Balaban J connectivity index is 1.77. The van der Waals surface area contributed by atoms with Crippen LogP contribution in [0.25, 0.3) is 22.0 Å². The van der Waals surface area contributed by atoms with Crippen molar-refractivity contribution in [2.45, 2.75) is 0 Å². The first-order valence-corrected chi connectivity index (χ1v) is 7.82. The Morgan fingerprint density at radius 2 is 2.00 bits per heavy atom. The highest BCUT2D eigenvalue weighted by atomic mass is 35.5. The summed E-state index contributed by atoms with van der Waals surface area (Å²) in [7, 11) is 0. The molecule has 24 heavy (non-hydrogen) atoms. The van der Waals surface area contributed by atoms with Gasteiger partial charge in [0.25, 0.3) is 5.56 Å². The van der Waals surface area contributed by atoms with Gasteiger partial charge in [-0.3, -0.25) is 4.79 Å². The van der Waals surface area contributed by atoms with Crippen LogP contribution >= 0.6 is 23.2 Å². The predicted molar refractivity (Wildman–Crippen MR) is 93.7 cm³/mol. The summed E-state index contributed by atoms with van der Waals surface area (Å²) < 4.78 is 10.6. The van der Waals surface area contributed by atoms with E-state index in [0.717, 1.165) is 5.56 Å². The van der Waals surface area contributed by atoms with Crippen molar-refractivity contribution in [3.05, 3.63) is 63.2 Å². The highest BCUT2D eigenvalue weighted by Crippen LogP contribution is 2.33. The number of H-pyrrole nitrogens is 1. The van der Waals surface area contributed by atoms with E-state index in [1.54, 1.807) is 36.4 Å². The normalized spacial score (nSPS) is 13.5. The molecule has 0 saturated carbocycles. The third kappa shape index (κ3) is 2.72. The first-order valence-electron chi connectivity index (χ1n) is 7.07. The number of hydrogen-bond donors (Lipinski definition) is 1. The van der Waals surface area contributed by atoms with E-state index in [1.165, 1.54) is 0 Å². The Labute approximate surface area is 146 Å². The number of nitrogens with zero attached hydrogens (tertiary/aromatic N) is 1. The number of nitrogens with one attached hydrogen (secondary N) is 1. The standard InChI is InChI=1S/C17H10Cl2N2O3/c18-10-2-3-11-13(7-10)20-16(21-17(11)22)12(19)5-9-1-4-14-15(6-9)24-8-23-14/h1-7H,8H2,(H,20,21,22)/b12-5-. The minimum absolute atomic E-state index is 0.205. The van der Waals surface area contributed by atoms with E-state index in [0.29, 0.717) is 32.5 Å². The monoisotopic (exact) mass is 360 g/mol. The number of hydrogen-bond acceptors (Lipinski definition) is 4. The first kappa shape index (κ1) is 15.1. The number of ether oxygens (including phenoxy) is 2. The summed E-state index contributed by atoms with van der Waals surface area (Å²) in [5, 5.41) is 1.26. The summed E-state index contributed by atoms with van der Waals surface area (Å²) in [4.78, 5) is 19.2. The van der Waals surface area contributed by atoms with E-state index in [9.17, 15) is 4.79 Å². The maximum Gasteiger partial charge on any atom is 0.259 e. The van der Waals surface area contributed by atoms with Crippen molar-refractivity contribution >= 4 is 45.2 Å². The van der Waals surface area contributed by atoms with Gasteiger partial charge < -0.3 is 14.5 Å². The van der Waals surface area contributed by atoms with E-state index in [2.05, 4.69) is 9.97 Å². The largest absolute Gasteiger partial charge is 0.454 e. The molecule has 2 aromatic carbocycles. The molecule has 120 valence electrons. The average Bonchev–Trinajstić information content (AvgIpc) is 3.02. The lowest BCUT2D eigenvalue weighted by molar-refractivity contribution is 0.174. The summed E-state index contributed by atoms with van der Waals surface area (Å²) in [5.74, 6) is 1.62. The van der Waals surface area contributed by atoms with Gasteiger partial charge in [-0.25, -0.2) is 4.98 Å². The van der Waals surface area contributed by atoms with Crippen LogP contribution in [0.3, 0.4) is 0 Å².